The SMILES string of the molecule is COc1ccc2ccccc2c1C[C@H](C)N. The Balaban J connectivity index is 2.63. The van der Waals surface area contributed by atoms with Crippen LogP contribution in [-0.4, -0.2) is 13.2 Å². The van der Waals surface area contributed by atoms with Crippen LogP contribution in [0.4, 0.5) is 0 Å². The summed E-state index contributed by atoms with van der Waals surface area (Å²) in [4.78, 5) is 0. The Morgan fingerprint density at radius 1 is 1.19 bits per heavy atom. The van der Waals surface area contributed by atoms with E-state index in [0.717, 1.165) is 12.2 Å². The van der Waals surface area contributed by atoms with Gasteiger partial charge in [-0.15, -0.1) is 0 Å². The second-order valence-electron chi connectivity index (χ2n) is 4.15. The number of benzene rings is 2. The van der Waals surface area contributed by atoms with Crippen molar-refractivity contribution in [3.63, 3.8) is 0 Å². The Hall–Kier alpha value is -1.54. The molecule has 1 atom stereocenters. The first-order chi connectivity index (χ1) is 7.72. The summed E-state index contributed by atoms with van der Waals surface area (Å²) in [6.45, 7) is 2.02. The topological polar surface area (TPSA) is 35.2 Å². The zero-order chi connectivity index (χ0) is 11.5. The molecule has 0 aliphatic rings. The van der Waals surface area contributed by atoms with Crippen molar-refractivity contribution in [1.82, 2.24) is 0 Å². The van der Waals surface area contributed by atoms with Crippen molar-refractivity contribution in [1.29, 1.82) is 0 Å². The maximum absolute atomic E-state index is 5.88. The predicted molar refractivity (Wildman–Crippen MR) is 67.9 cm³/mol. The maximum Gasteiger partial charge on any atom is 0.122 e. The number of hydrogen-bond acceptors (Lipinski definition) is 2. The molecule has 0 spiro atoms. The van der Waals surface area contributed by atoms with E-state index in [4.69, 9.17) is 10.5 Å². The standard InChI is InChI=1S/C14H17NO/c1-10(15)9-13-12-6-4-3-5-11(12)7-8-14(13)16-2/h3-8,10H,9,15H2,1-2H3/t10-/m0/s1. The van der Waals surface area contributed by atoms with Gasteiger partial charge in [0, 0.05) is 11.6 Å². The number of ether oxygens (including phenoxy) is 1. The van der Waals surface area contributed by atoms with Crippen molar-refractivity contribution in [3.05, 3.63) is 42.0 Å². The minimum atomic E-state index is 0.139. The molecule has 2 rings (SSSR count). The molecule has 2 N–H and O–H groups in total. The van der Waals surface area contributed by atoms with Gasteiger partial charge in [-0.1, -0.05) is 30.3 Å². The highest BCUT2D eigenvalue weighted by molar-refractivity contribution is 5.87. The molecule has 2 aromatic rings. The molecule has 16 heavy (non-hydrogen) atoms. The molecule has 0 fully saturated rings. The first-order valence-electron chi connectivity index (χ1n) is 5.52. The summed E-state index contributed by atoms with van der Waals surface area (Å²) in [5.74, 6) is 0.927. The smallest absolute Gasteiger partial charge is 0.122 e. The fourth-order valence-electron chi connectivity index (χ4n) is 2.04. The van der Waals surface area contributed by atoms with Crippen LogP contribution in [0.3, 0.4) is 0 Å². The van der Waals surface area contributed by atoms with Crippen LogP contribution in [0.25, 0.3) is 10.8 Å². The summed E-state index contributed by atoms with van der Waals surface area (Å²) in [6.07, 6.45) is 0.838. The first kappa shape index (κ1) is 11.0. The van der Waals surface area contributed by atoms with Crippen molar-refractivity contribution < 1.29 is 4.74 Å². The Morgan fingerprint density at radius 2 is 1.94 bits per heavy atom. The van der Waals surface area contributed by atoms with Crippen molar-refractivity contribution in [2.24, 2.45) is 5.73 Å². The van der Waals surface area contributed by atoms with Gasteiger partial charge in [0.05, 0.1) is 7.11 Å². The molecule has 2 nitrogen and oxygen atoms in total. The number of methoxy groups -OCH3 is 1. The second kappa shape index (κ2) is 4.54. The van der Waals surface area contributed by atoms with Crippen LogP contribution in [0.5, 0.6) is 5.75 Å². The van der Waals surface area contributed by atoms with Crippen molar-refractivity contribution in [3.8, 4) is 5.75 Å². The third-order valence-electron chi connectivity index (χ3n) is 2.74. The highest BCUT2D eigenvalue weighted by Crippen LogP contribution is 2.28. The van der Waals surface area contributed by atoms with Gasteiger partial charge in [0.25, 0.3) is 0 Å². The van der Waals surface area contributed by atoms with Crippen molar-refractivity contribution in [2.75, 3.05) is 7.11 Å². The number of fused-ring (bicyclic) bond motifs is 1. The summed E-state index contributed by atoms with van der Waals surface area (Å²) in [7, 11) is 1.70. The predicted octanol–water partition coefficient (Wildman–Crippen LogP) is 2.74. The van der Waals surface area contributed by atoms with E-state index in [1.807, 2.05) is 25.1 Å². The lowest BCUT2D eigenvalue weighted by atomic mass is 9.98. The Labute approximate surface area is 96.0 Å². The molecule has 0 amide bonds. The fourth-order valence-corrected chi connectivity index (χ4v) is 2.04. The number of hydrogen-bond donors (Lipinski definition) is 1. The monoisotopic (exact) mass is 215 g/mol. The quantitative estimate of drug-likeness (QED) is 0.854. The first-order valence-corrected chi connectivity index (χ1v) is 5.52. The lowest BCUT2D eigenvalue weighted by molar-refractivity contribution is 0.409. The molecule has 0 saturated carbocycles. The van der Waals surface area contributed by atoms with E-state index in [1.165, 1.54) is 16.3 Å². The van der Waals surface area contributed by atoms with Gasteiger partial charge < -0.3 is 10.5 Å². The highest BCUT2D eigenvalue weighted by Gasteiger charge is 2.09. The average Bonchev–Trinajstić information content (AvgIpc) is 2.29. The van der Waals surface area contributed by atoms with Crippen molar-refractivity contribution in [2.45, 2.75) is 19.4 Å². The van der Waals surface area contributed by atoms with Gasteiger partial charge in [0.15, 0.2) is 0 Å². The number of nitrogens with two attached hydrogens (primary N) is 1. The molecule has 0 saturated heterocycles. The average molecular weight is 215 g/mol. The lowest BCUT2D eigenvalue weighted by Gasteiger charge is -2.13. The van der Waals surface area contributed by atoms with Crippen LogP contribution < -0.4 is 10.5 Å². The third kappa shape index (κ3) is 2.02. The number of rotatable bonds is 3. The summed E-state index contributed by atoms with van der Waals surface area (Å²) in [6, 6.07) is 12.6. The van der Waals surface area contributed by atoms with Gasteiger partial charge in [-0.05, 0) is 30.2 Å². The van der Waals surface area contributed by atoms with Crippen LogP contribution in [-0.2, 0) is 6.42 Å². The third-order valence-corrected chi connectivity index (χ3v) is 2.74. The molecular formula is C14H17NO. The van der Waals surface area contributed by atoms with E-state index in [1.54, 1.807) is 7.11 Å². The summed E-state index contributed by atoms with van der Waals surface area (Å²) < 4.78 is 5.40. The Morgan fingerprint density at radius 3 is 2.62 bits per heavy atom. The van der Waals surface area contributed by atoms with Gasteiger partial charge in [-0.2, -0.15) is 0 Å². The largest absolute Gasteiger partial charge is 0.496 e. The van der Waals surface area contributed by atoms with Gasteiger partial charge in [0.2, 0.25) is 0 Å². The molecule has 0 aliphatic carbocycles. The zero-order valence-electron chi connectivity index (χ0n) is 9.73. The summed E-state index contributed by atoms with van der Waals surface area (Å²) >= 11 is 0. The molecule has 2 heteroatoms. The molecule has 0 heterocycles. The lowest BCUT2D eigenvalue weighted by Crippen LogP contribution is -2.18. The van der Waals surface area contributed by atoms with E-state index in [-0.39, 0.29) is 6.04 Å². The van der Waals surface area contributed by atoms with E-state index >= 15 is 0 Å². The molecule has 0 aromatic heterocycles. The van der Waals surface area contributed by atoms with E-state index in [9.17, 15) is 0 Å². The molecule has 0 aliphatic heterocycles. The van der Waals surface area contributed by atoms with Crippen LogP contribution in [0, 0.1) is 0 Å². The minimum absolute atomic E-state index is 0.139. The fraction of sp³-hybridized carbons (Fsp3) is 0.286. The Kier molecular flexibility index (Phi) is 3.11. The molecule has 84 valence electrons. The normalized spacial score (nSPS) is 12.7. The van der Waals surface area contributed by atoms with Gasteiger partial charge in [-0.3, -0.25) is 0 Å². The molecule has 0 radical (unpaired) electrons. The summed E-state index contributed by atoms with van der Waals surface area (Å²) in [5.41, 5.74) is 7.09. The van der Waals surface area contributed by atoms with Crippen molar-refractivity contribution >= 4 is 10.8 Å². The van der Waals surface area contributed by atoms with Crippen LogP contribution in [0.2, 0.25) is 0 Å². The van der Waals surface area contributed by atoms with Crippen LogP contribution >= 0.6 is 0 Å². The molecular weight excluding hydrogens is 198 g/mol. The molecule has 0 bridgehead atoms. The minimum Gasteiger partial charge on any atom is -0.496 e. The summed E-state index contributed by atoms with van der Waals surface area (Å²) in [5, 5.41) is 2.47. The van der Waals surface area contributed by atoms with Gasteiger partial charge in [0.1, 0.15) is 5.75 Å². The highest BCUT2D eigenvalue weighted by atomic mass is 16.5. The van der Waals surface area contributed by atoms with Crippen LogP contribution in [0.1, 0.15) is 12.5 Å². The second-order valence-corrected chi connectivity index (χ2v) is 4.15. The Bertz CT molecular complexity index is 491. The van der Waals surface area contributed by atoms with Gasteiger partial charge in [-0.25, -0.2) is 0 Å². The van der Waals surface area contributed by atoms with E-state index in [2.05, 4.69) is 18.2 Å². The maximum atomic E-state index is 5.88. The van der Waals surface area contributed by atoms with E-state index in [0.29, 0.717) is 0 Å². The van der Waals surface area contributed by atoms with Gasteiger partial charge >= 0.3 is 0 Å². The van der Waals surface area contributed by atoms with E-state index < -0.39 is 0 Å². The molecule has 2 aromatic carbocycles. The molecule has 0 unspecified atom stereocenters. The zero-order valence-corrected chi connectivity index (χ0v) is 9.73. The van der Waals surface area contributed by atoms with Crippen LogP contribution in [0.15, 0.2) is 36.4 Å².